The highest BCUT2D eigenvalue weighted by atomic mass is 32.1. The van der Waals surface area contributed by atoms with Gasteiger partial charge in [0.2, 0.25) is 0 Å². The third-order valence-corrected chi connectivity index (χ3v) is 14.6. The molecule has 0 radical (unpaired) electrons. The Labute approximate surface area is 412 Å². The lowest BCUT2D eigenvalue weighted by Crippen LogP contribution is -1.80. The van der Waals surface area contributed by atoms with Gasteiger partial charge in [-0.05, 0) is 132 Å². The number of hydrogen-bond donors (Lipinski definition) is 4. The van der Waals surface area contributed by atoms with Gasteiger partial charge in [0.1, 0.15) is 22.5 Å². The number of H-pyrrole nitrogens is 4. The molecule has 0 aliphatic rings. The zero-order valence-electron chi connectivity index (χ0n) is 37.7. The second-order valence-electron chi connectivity index (χ2n) is 16.8. The van der Waals surface area contributed by atoms with Crippen LogP contribution in [0.15, 0.2) is 183 Å². The number of hydrogen-bond acceptors (Lipinski definition) is 11. The van der Waals surface area contributed by atoms with Crippen molar-refractivity contribution in [2.75, 3.05) is 0 Å². The van der Waals surface area contributed by atoms with Crippen LogP contribution in [0, 0.1) is 6.92 Å². The van der Waals surface area contributed by atoms with Crippen LogP contribution >= 0.6 is 22.7 Å². The van der Waals surface area contributed by atoms with Crippen LogP contribution in [0.1, 0.15) is 5.69 Å². The number of rotatable bonds is 8. The van der Waals surface area contributed by atoms with Gasteiger partial charge in [0.15, 0.2) is 5.82 Å². The zero-order valence-corrected chi connectivity index (χ0v) is 39.3. The lowest BCUT2D eigenvalue weighted by Gasteiger charge is -2.01. The van der Waals surface area contributed by atoms with Crippen LogP contribution in [-0.2, 0) is 0 Å². The molecule has 10 aromatic heterocycles. The first-order chi connectivity index (χ1) is 35.0. The maximum Gasteiger partial charge on any atom is 0.150 e. The SMILES string of the molecule is Cc1nc(-c2ccncc2)sc1-c1nc2ccc(-c3ccc4nc(-c5ccncc5)[nH]c4c3)cc2[nH]1.c1cncc(-c2ccc(-c3nc4ccc(-c5ccc6nc(-c7ccncc7)[nH]c6c5)cc4[nH]3)s2)c1. The van der Waals surface area contributed by atoms with E-state index in [0.29, 0.717) is 0 Å². The third-order valence-electron chi connectivity index (χ3n) is 12.2. The molecule has 0 aliphatic carbocycles. The van der Waals surface area contributed by atoms with Crippen molar-refractivity contribution in [3.05, 3.63) is 189 Å². The topological polar surface area (TPSA) is 179 Å². The van der Waals surface area contributed by atoms with E-state index in [-0.39, 0.29) is 0 Å². The predicted molar refractivity (Wildman–Crippen MR) is 284 cm³/mol. The van der Waals surface area contributed by atoms with Gasteiger partial charge in [0.05, 0.1) is 59.6 Å². The van der Waals surface area contributed by atoms with Gasteiger partial charge in [-0.15, -0.1) is 22.7 Å². The maximum absolute atomic E-state index is 4.85. The molecule has 0 aliphatic heterocycles. The minimum atomic E-state index is 0.837. The summed E-state index contributed by atoms with van der Waals surface area (Å²) in [7, 11) is 0. The Morgan fingerprint density at radius 3 is 1.27 bits per heavy atom. The number of fused-ring (bicyclic) bond motifs is 4. The van der Waals surface area contributed by atoms with Gasteiger partial charge in [-0.1, -0.05) is 30.3 Å². The molecule has 0 spiro atoms. The first-order valence-electron chi connectivity index (χ1n) is 22.7. The first-order valence-corrected chi connectivity index (χ1v) is 24.3. The van der Waals surface area contributed by atoms with Crippen molar-refractivity contribution in [1.82, 2.24) is 64.8 Å². The van der Waals surface area contributed by atoms with E-state index in [1.807, 2.05) is 55.6 Å². The molecule has 0 saturated heterocycles. The fourth-order valence-corrected chi connectivity index (χ4v) is 10.6. The number of aromatic nitrogens is 13. The molecule has 338 valence electrons. The van der Waals surface area contributed by atoms with E-state index < -0.39 is 0 Å². The number of aryl methyl sites for hydroxylation is 1. The van der Waals surface area contributed by atoms with Crippen LogP contribution in [0.4, 0.5) is 0 Å². The van der Waals surface area contributed by atoms with E-state index in [4.69, 9.17) is 24.9 Å². The van der Waals surface area contributed by atoms with Crippen molar-refractivity contribution < 1.29 is 0 Å². The summed E-state index contributed by atoms with van der Waals surface area (Å²) in [4.78, 5) is 57.6. The number of thiazole rings is 1. The number of pyridine rings is 4. The number of imidazole rings is 4. The molecular weight excluding hydrogens is 919 g/mol. The highest BCUT2D eigenvalue weighted by Gasteiger charge is 2.17. The molecule has 0 bridgehead atoms. The van der Waals surface area contributed by atoms with E-state index in [1.54, 1.807) is 66.1 Å². The van der Waals surface area contributed by atoms with E-state index in [2.05, 4.69) is 131 Å². The zero-order chi connectivity index (χ0) is 47.3. The Kier molecular flexibility index (Phi) is 10.4. The Hall–Kier alpha value is -9.31. The standard InChI is InChI=1S/C28H19N7S.C28H18N6S/c1-16-25(36-28(31-16)18-8-12-30-13-9-18)27-33-22-5-3-20(15-24(22)35-27)19-2-4-21-23(14-19)34-26(32-21)17-6-10-29-11-7-17;1-2-20(16-30-11-1)25-7-8-26(35-25)28-32-22-6-4-19(15-24(22)34-28)18-3-5-21-23(14-18)33-27(31-21)17-9-12-29-13-10-17/h2-15H,1H3,(H,32,34)(H,33,35);1-16H,(H,31,33)(H,32,34). The van der Waals surface area contributed by atoms with Gasteiger partial charge < -0.3 is 19.9 Å². The second-order valence-corrected chi connectivity index (χ2v) is 18.9. The first kappa shape index (κ1) is 41.8. The van der Waals surface area contributed by atoms with Gasteiger partial charge in [-0.25, -0.2) is 24.9 Å². The van der Waals surface area contributed by atoms with E-state index >= 15 is 0 Å². The normalized spacial score (nSPS) is 11.5. The summed E-state index contributed by atoms with van der Waals surface area (Å²) in [5, 5.41) is 0.963. The summed E-state index contributed by atoms with van der Waals surface area (Å²) in [5.74, 6) is 3.39. The van der Waals surface area contributed by atoms with Gasteiger partial charge in [0, 0.05) is 76.7 Å². The summed E-state index contributed by atoms with van der Waals surface area (Å²) < 4.78 is 0. The van der Waals surface area contributed by atoms with Gasteiger partial charge in [-0.3, -0.25) is 19.9 Å². The van der Waals surface area contributed by atoms with Crippen molar-refractivity contribution in [3.8, 4) is 87.4 Å². The molecule has 0 atom stereocenters. The van der Waals surface area contributed by atoms with E-state index in [1.165, 1.54) is 4.88 Å². The average Bonchev–Trinajstić information content (AvgIpc) is 4.30. The van der Waals surface area contributed by atoms with Gasteiger partial charge in [0.25, 0.3) is 0 Å². The molecule has 4 aromatic carbocycles. The van der Waals surface area contributed by atoms with Crippen LogP contribution in [0.2, 0.25) is 0 Å². The molecule has 15 heteroatoms. The van der Waals surface area contributed by atoms with Gasteiger partial charge in [-0.2, -0.15) is 0 Å². The molecule has 13 nitrogen and oxygen atoms in total. The molecular formula is C56H37N13S2. The summed E-state index contributed by atoms with van der Waals surface area (Å²) in [5.41, 5.74) is 17.4. The Morgan fingerprint density at radius 1 is 0.338 bits per heavy atom. The molecule has 4 N–H and O–H groups in total. The lowest BCUT2D eigenvalue weighted by atomic mass is 10.0. The second kappa shape index (κ2) is 17.6. The molecule has 0 fully saturated rings. The number of nitrogens with one attached hydrogen (secondary N) is 4. The quantitative estimate of drug-likeness (QED) is 0.115. The fraction of sp³-hybridized carbons (Fsp3) is 0.0179. The Balaban J connectivity index is 0.000000139. The maximum atomic E-state index is 4.85. The number of aromatic amines is 4. The third kappa shape index (κ3) is 8.20. The molecule has 71 heavy (non-hydrogen) atoms. The van der Waals surface area contributed by atoms with Crippen molar-refractivity contribution in [3.63, 3.8) is 0 Å². The minimum Gasteiger partial charge on any atom is -0.338 e. The highest BCUT2D eigenvalue weighted by molar-refractivity contribution is 7.19. The molecule has 0 saturated carbocycles. The number of thiophene rings is 1. The Morgan fingerprint density at radius 2 is 0.775 bits per heavy atom. The predicted octanol–water partition coefficient (Wildman–Crippen LogP) is 13.6. The van der Waals surface area contributed by atoms with Crippen molar-refractivity contribution in [1.29, 1.82) is 0 Å². The van der Waals surface area contributed by atoms with E-state index in [9.17, 15) is 0 Å². The van der Waals surface area contributed by atoms with Crippen LogP contribution in [0.3, 0.4) is 0 Å². The Bertz CT molecular complexity index is 4190. The smallest absolute Gasteiger partial charge is 0.150 e. The monoisotopic (exact) mass is 955 g/mol. The van der Waals surface area contributed by atoms with Crippen molar-refractivity contribution in [2.45, 2.75) is 6.92 Å². The lowest BCUT2D eigenvalue weighted by molar-refractivity contribution is 1.24. The van der Waals surface area contributed by atoms with Crippen LogP contribution in [0.5, 0.6) is 0 Å². The van der Waals surface area contributed by atoms with Gasteiger partial charge >= 0.3 is 0 Å². The molecule has 10 heterocycles. The van der Waals surface area contributed by atoms with Crippen molar-refractivity contribution >= 4 is 66.8 Å². The van der Waals surface area contributed by atoms with Crippen molar-refractivity contribution in [2.24, 2.45) is 0 Å². The van der Waals surface area contributed by atoms with Crippen LogP contribution < -0.4 is 0 Å². The molecule has 14 rings (SSSR count). The largest absolute Gasteiger partial charge is 0.338 e. The summed E-state index contributed by atoms with van der Waals surface area (Å²) >= 11 is 3.34. The molecule has 14 aromatic rings. The van der Waals surface area contributed by atoms with E-state index in [0.717, 1.165) is 132 Å². The molecule has 0 amide bonds. The highest BCUT2D eigenvalue weighted by Crippen LogP contribution is 2.37. The average molecular weight is 956 g/mol. The molecule has 0 unspecified atom stereocenters. The summed E-state index contributed by atoms with van der Waals surface area (Å²) in [6.07, 6.45) is 14.3. The number of nitrogens with zero attached hydrogens (tertiary/aromatic N) is 9. The van der Waals surface area contributed by atoms with Crippen LogP contribution in [-0.4, -0.2) is 64.8 Å². The minimum absolute atomic E-state index is 0.837. The summed E-state index contributed by atoms with van der Waals surface area (Å²) in [6.45, 7) is 2.02. The summed E-state index contributed by atoms with van der Waals surface area (Å²) in [6, 6.07) is 45.3. The van der Waals surface area contributed by atoms with Crippen LogP contribution in [0.25, 0.3) is 132 Å². The fourth-order valence-electron chi connectivity index (χ4n) is 8.64. The number of benzene rings is 4.